The fourth-order valence-electron chi connectivity index (χ4n) is 4.60. The average Bonchev–Trinajstić information content (AvgIpc) is 3.02. The first-order valence-electron chi connectivity index (χ1n) is 14.6. The van der Waals surface area contributed by atoms with Crippen molar-refractivity contribution in [2.45, 2.75) is 45.2 Å². The molecule has 0 fully saturated rings. The van der Waals surface area contributed by atoms with Crippen molar-refractivity contribution in [3.8, 4) is 11.5 Å². The lowest BCUT2D eigenvalue weighted by atomic mass is 10.1. The third-order valence-corrected chi connectivity index (χ3v) is 8.79. The van der Waals surface area contributed by atoms with E-state index in [2.05, 4.69) is 5.32 Å². The molecule has 0 saturated heterocycles. The lowest BCUT2D eigenvalue weighted by Gasteiger charge is -2.32. The van der Waals surface area contributed by atoms with Crippen LogP contribution in [-0.2, 0) is 26.2 Å². The predicted molar refractivity (Wildman–Crippen MR) is 173 cm³/mol. The molecule has 8 nitrogen and oxygen atoms in total. The molecule has 230 valence electrons. The summed E-state index contributed by atoms with van der Waals surface area (Å²) in [7, 11) is -4.16. The Kier molecular flexibility index (Phi) is 10.8. The molecule has 9 heteroatoms. The molecule has 0 spiro atoms. The number of anilines is 1. The summed E-state index contributed by atoms with van der Waals surface area (Å²) in [5.41, 5.74) is 2.13. The summed E-state index contributed by atoms with van der Waals surface area (Å²) >= 11 is 0. The molecule has 0 aliphatic heterocycles. The van der Waals surface area contributed by atoms with E-state index < -0.39 is 28.5 Å². The average molecular weight is 614 g/mol. The summed E-state index contributed by atoms with van der Waals surface area (Å²) in [6.07, 6.45) is 0. The largest absolute Gasteiger partial charge is 0.457 e. The van der Waals surface area contributed by atoms with Crippen LogP contribution in [0.1, 0.15) is 31.9 Å². The van der Waals surface area contributed by atoms with Gasteiger partial charge in [-0.25, -0.2) is 8.42 Å². The van der Waals surface area contributed by atoms with Gasteiger partial charge in [-0.1, -0.05) is 80.1 Å². The topological polar surface area (TPSA) is 96.0 Å². The van der Waals surface area contributed by atoms with Crippen LogP contribution in [0, 0.1) is 12.8 Å². The molecule has 0 aliphatic carbocycles. The Morgan fingerprint density at radius 1 is 0.795 bits per heavy atom. The summed E-state index contributed by atoms with van der Waals surface area (Å²) in [6, 6.07) is 30.6. The van der Waals surface area contributed by atoms with Gasteiger partial charge in [-0.2, -0.15) is 0 Å². The highest BCUT2D eigenvalue weighted by Gasteiger charge is 2.32. The Hall–Kier alpha value is -4.63. The molecule has 4 aromatic rings. The van der Waals surface area contributed by atoms with Crippen molar-refractivity contribution in [2.24, 2.45) is 5.92 Å². The van der Waals surface area contributed by atoms with E-state index in [4.69, 9.17) is 4.74 Å². The molecule has 0 aromatic heterocycles. The van der Waals surface area contributed by atoms with Gasteiger partial charge in [0.05, 0.1) is 10.6 Å². The van der Waals surface area contributed by atoms with Gasteiger partial charge in [0.15, 0.2) is 0 Å². The maximum absolute atomic E-state index is 14.1. The lowest BCUT2D eigenvalue weighted by molar-refractivity contribution is -0.139. The second-order valence-corrected chi connectivity index (χ2v) is 12.9. The number of nitrogens with zero attached hydrogens (tertiary/aromatic N) is 2. The molecule has 4 aromatic carbocycles. The van der Waals surface area contributed by atoms with Gasteiger partial charge < -0.3 is 15.0 Å². The molecular formula is C35H39N3O5S. The highest BCUT2D eigenvalue weighted by molar-refractivity contribution is 7.92. The van der Waals surface area contributed by atoms with Gasteiger partial charge in [-0.15, -0.1) is 0 Å². The number of hydrogen-bond acceptors (Lipinski definition) is 5. The fraction of sp³-hybridized carbons (Fsp3) is 0.257. The van der Waals surface area contributed by atoms with Crippen LogP contribution < -0.4 is 14.4 Å². The standard InChI is InChI=1S/C35H39N3O5S/c1-26(2)23-36-35(40)28(4)37(24-29-13-11-12-27(3)22-29)34(39)25-38(44(41,42)33-16-9-6-10-17-33)30-18-20-32(21-19-30)43-31-14-7-5-8-15-31/h5-22,26,28H,23-25H2,1-4H3,(H,36,40)/t28-/m0/s1. The summed E-state index contributed by atoms with van der Waals surface area (Å²) in [4.78, 5) is 28.7. The van der Waals surface area contributed by atoms with Gasteiger partial charge in [0, 0.05) is 13.1 Å². The van der Waals surface area contributed by atoms with Crippen LogP contribution in [0.25, 0.3) is 0 Å². The lowest BCUT2D eigenvalue weighted by Crippen LogP contribution is -2.51. The number of ether oxygens (including phenoxy) is 1. The molecule has 0 heterocycles. The first kappa shape index (κ1) is 32.3. The zero-order chi connectivity index (χ0) is 31.7. The minimum absolute atomic E-state index is 0.0466. The Balaban J connectivity index is 1.68. The number of hydrogen-bond donors (Lipinski definition) is 1. The van der Waals surface area contributed by atoms with Crippen LogP contribution in [-0.4, -0.2) is 44.3 Å². The Labute approximate surface area is 260 Å². The molecule has 1 atom stereocenters. The zero-order valence-electron chi connectivity index (χ0n) is 25.5. The molecule has 0 unspecified atom stereocenters. The SMILES string of the molecule is Cc1cccc(CN(C(=O)CN(c2ccc(Oc3ccccc3)cc2)S(=O)(=O)c2ccccc2)[C@@H](C)C(=O)NCC(C)C)c1. The van der Waals surface area contributed by atoms with Crippen molar-refractivity contribution in [1.29, 1.82) is 0 Å². The van der Waals surface area contributed by atoms with E-state index in [0.717, 1.165) is 15.4 Å². The zero-order valence-corrected chi connectivity index (χ0v) is 26.3. The number of amides is 2. The Morgan fingerprint density at radius 2 is 1.41 bits per heavy atom. The Bertz CT molecular complexity index is 1640. The van der Waals surface area contributed by atoms with Gasteiger partial charge in [0.1, 0.15) is 24.1 Å². The maximum atomic E-state index is 14.1. The van der Waals surface area contributed by atoms with E-state index in [-0.39, 0.29) is 29.0 Å². The van der Waals surface area contributed by atoms with Gasteiger partial charge in [-0.3, -0.25) is 13.9 Å². The minimum Gasteiger partial charge on any atom is -0.457 e. The number of para-hydroxylation sites is 1. The molecule has 44 heavy (non-hydrogen) atoms. The van der Waals surface area contributed by atoms with Crippen LogP contribution >= 0.6 is 0 Å². The summed E-state index contributed by atoms with van der Waals surface area (Å²) < 4.78 is 35.0. The fourth-order valence-corrected chi connectivity index (χ4v) is 6.03. The number of carbonyl (C=O) groups excluding carboxylic acids is 2. The number of rotatable bonds is 13. The second kappa shape index (κ2) is 14.7. The normalized spacial score (nSPS) is 11.9. The van der Waals surface area contributed by atoms with Crippen molar-refractivity contribution >= 4 is 27.5 Å². The molecule has 0 bridgehead atoms. The van der Waals surface area contributed by atoms with Crippen molar-refractivity contribution in [3.05, 3.63) is 120 Å². The first-order chi connectivity index (χ1) is 21.0. The molecular weight excluding hydrogens is 574 g/mol. The van der Waals surface area contributed by atoms with E-state index in [9.17, 15) is 18.0 Å². The van der Waals surface area contributed by atoms with Crippen molar-refractivity contribution in [1.82, 2.24) is 10.2 Å². The molecule has 4 rings (SSSR count). The van der Waals surface area contributed by atoms with Crippen LogP contribution in [0.4, 0.5) is 5.69 Å². The first-order valence-corrected chi connectivity index (χ1v) is 16.0. The third-order valence-electron chi connectivity index (χ3n) is 7.00. The summed E-state index contributed by atoms with van der Waals surface area (Å²) in [5, 5.41) is 2.90. The van der Waals surface area contributed by atoms with Gasteiger partial charge in [0.25, 0.3) is 10.0 Å². The highest BCUT2D eigenvalue weighted by atomic mass is 32.2. The number of aryl methyl sites for hydroxylation is 1. The third kappa shape index (κ3) is 8.48. The van der Waals surface area contributed by atoms with E-state index in [0.29, 0.717) is 18.0 Å². The number of nitrogens with one attached hydrogen (secondary N) is 1. The highest BCUT2D eigenvalue weighted by Crippen LogP contribution is 2.28. The van der Waals surface area contributed by atoms with E-state index in [1.165, 1.54) is 17.0 Å². The van der Waals surface area contributed by atoms with E-state index in [1.807, 2.05) is 75.4 Å². The van der Waals surface area contributed by atoms with Gasteiger partial charge in [0.2, 0.25) is 11.8 Å². The number of sulfonamides is 1. The molecule has 1 N–H and O–H groups in total. The smallest absolute Gasteiger partial charge is 0.264 e. The molecule has 2 amide bonds. The predicted octanol–water partition coefficient (Wildman–Crippen LogP) is 6.17. The monoisotopic (exact) mass is 613 g/mol. The van der Waals surface area contributed by atoms with Crippen LogP contribution in [0.3, 0.4) is 0 Å². The van der Waals surface area contributed by atoms with E-state index in [1.54, 1.807) is 49.4 Å². The number of benzene rings is 4. The molecule has 0 radical (unpaired) electrons. The quantitative estimate of drug-likeness (QED) is 0.195. The molecule has 0 saturated carbocycles. The van der Waals surface area contributed by atoms with Crippen molar-refractivity contribution in [3.63, 3.8) is 0 Å². The van der Waals surface area contributed by atoms with Gasteiger partial charge >= 0.3 is 0 Å². The van der Waals surface area contributed by atoms with E-state index >= 15 is 0 Å². The maximum Gasteiger partial charge on any atom is 0.264 e. The molecule has 0 aliphatic rings. The van der Waals surface area contributed by atoms with Crippen molar-refractivity contribution in [2.75, 3.05) is 17.4 Å². The van der Waals surface area contributed by atoms with Crippen LogP contribution in [0.15, 0.2) is 114 Å². The summed E-state index contributed by atoms with van der Waals surface area (Å²) in [5.74, 6) is 0.565. The number of carbonyl (C=O) groups is 2. The van der Waals surface area contributed by atoms with Gasteiger partial charge in [-0.05, 0) is 73.9 Å². The van der Waals surface area contributed by atoms with Crippen LogP contribution in [0.2, 0.25) is 0 Å². The van der Waals surface area contributed by atoms with Crippen LogP contribution in [0.5, 0.6) is 11.5 Å². The Morgan fingerprint density at radius 3 is 2.02 bits per heavy atom. The van der Waals surface area contributed by atoms with Crippen molar-refractivity contribution < 1.29 is 22.7 Å². The minimum atomic E-state index is -4.16. The second-order valence-electron chi connectivity index (χ2n) is 11.1. The summed E-state index contributed by atoms with van der Waals surface area (Å²) in [6.45, 7) is 7.68.